The molecule has 8 nitrogen and oxygen atoms in total. The standard InChI is InChI=1S/C28H29NO7/c1-13(2)35-18-9-7-17(8-10-18)12-29-15(4)21-19(31)11-20-28(6,27(21)34)23-25(33)14(3)24(32)22(16(5)30)26(23)36-20/h7-11,13,29,32-33H,12H2,1-6H3/b21-15+/t28-/m0/s1. The molecule has 0 radical (unpaired) electrons. The molecule has 0 saturated heterocycles. The first-order valence-corrected chi connectivity index (χ1v) is 11.7. The highest BCUT2D eigenvalue weighted by Crippen LogP contribution is 2.57. The number of hydrogen-bond donors (Lipinski definition) is 3. The molecule has 0 fully saturated rings. The van der Waals surface area contributed by atoms with Crippen molar-refractivity contribution in [3.8, 4) is 23.0 Å². The fraction of sp³-hybridized carbons (Fsp3) is 0.321. The summed E-state index contributed by atoms with van der Waals surface area (Å²) in [5.41, 5.74) is -0.315. The van der Waals surface area contributed by atoms with Crippen LogP contribution in [0.15, 0.2) is 47.4 Å². The molecule has 0 aromatic heterocycles. The number of aromatic hydroxyl groups is 2. The summed E-state index contributed by atoms with van der Waals surface area (Å²) in [6.45, 7) is 10.1. The molecule has 1 aliphatic heterocycles. The summed E-state index contributed by atoms with van der Waals surface area (Å²) in [6.07, 6.45) is 1.27. The third-order valence-corrected chi connectivity index (χ3v) is 6.61. The number of phenols is 2. The number of Topliss-reactive ketones (excluding diaryl/α,β-unsaturated/α-hetero) is 2. The summed E-state index contributed by atoms with van der Waals surface area (Å²) >= 11 is 0. The van der Waals surface area contributed by atoms with E-state index in [-0.39, 0.29) is 45.6 Å². The van der Waals surface area contributed by atoms with Gasteiger partial charge in [-0.15, -0.1) is 0 Å². The number of benzene rings is 2. The monoisotopic (exact) mass is 491 g/mol. The van der Waals surface area contributed by atoms with Crippen LogP contribution in [0.4, 0.5) is 0 Å². The van der Waals surface area contributed by atoms with Crippen molar-refractivity contribution < 1.29 is 34.1 Å². The Morgan fingerprint density at radius 1 is 1.11 bits per heavy atom. The predicted molar refractivity (Wildman–Crippen MR) is 132 cm³/mol. The Morgan fingerprint density at radius 3 is 2.33 bits per heavy atom. The lowest BCUT2D eigenvalue weighted by Gasteiger charge is -2.29. The molecule has 0 spiro atoms. The van der Waals surface area contributed by atoms with Gasteiger partial charge in [-0.2, -0.15) is 0 Å². The van der Waals surface area contributed by atoms with Crippen molar-refractivity contribution >= 4 is 17.3 Å². The normalized spacial score (nSPS) is 19.9. The van der Waals surface area contributed by atoms with Crippen LogP contribution in [0.1, 0.15) is 61.7 Å². The molecule has 8 heteroatoms. The molecule has 2 aromatic rings. The summed E-state index contributed by atoms with van der Waals surface area (Å²) in [7, 11) is 0. The van der Waals surface area contributed by atoms with Crippen molar-refractivity contribution in [2.45, 2.75) is 59.6 Å². The van der Waals surface area contributed by atoms with Gasteiger partial charge in [-0.3, -0.25) is 14.4 Å². The van der Waals surface area contributed by atoms with Crippen LogP contribution in [0.3, 0.4) is 0 Å². The molecule has 2 aliphatic rings. The van der Waals surface area contributed by atoms with Gasteiger partial charge in [0.15, 0.2) is 17.3 Å². The lowest BCUT2D eigenvalue weighted by molar-refractivity contribution is -0.123. The van der Waals surface area contributed by atoms with E-state index in [9.17, 15) is 24.6 Å². The Bertz CT molecular complexity index is 1370. The molecule has 0 saturated carbocycles. The van der Waals surface area contributed by atoms with E-state index in [0.29, 0.717) is 12.2 Å². The first-order valence-electron chi connectivity index (χ1n) is 11.7. The van der Waals surface area contributed by atoms with E-state index in [2.05, 4.69) is 5.32 Å². The maximum Gasteiger partial charge on any atom is 0.194 e. The average Bonchev–Trinajstić information content (AvgIpc) is 3.09. The van der Waals surface area contributed by atoms with E-state index in [0.717, 1.165) is 11.3 Å². The summed E-state index contributed by atoms with van der Waals surface area (Å²) < 4.78 is 11.4. The largest absolute Gasteiger partial charge is 0.507 e. The van der Waals surface area contributed by atoms with Crippen LogP contribution < -0.4 is 14.8 Å². The lowest BCUT2D eigenvalue weighted by atomic mass is 9.70. The van der Waals surface area contributed by atoms with Crippen LogP contribution in [-0.4, -0.2) is 33.7 Å². The molecule has 188 valence electrons. The number of ketones is 3. The van der Waals surface area contributed by atoms with Crippen molar-refractivity contribution in [3.05, 3.63) is 69.6 Å². The number of rotatable bonds is 6. The van der Waals surface area contributed by atoms with E-state index in [1.165, 1.54) is 19.9 Å². The Labute approximate surface area is 209 Å². The molecule has 0 amide bonds. The minimum absolute atomic E-state index is 0.00703. The Kier molecular flexibility index (Phi) is 6.16. The van der Waals surface area contributed by atoms with Gasteiger partial charge in [0.05, 0.1) is 17.2 Å². The van der Waals surface area contributed by atoms with Crippen LogP contribution in [0.25, 0.3) is 0 Å². The number of carbonyl (C=O) groups is 3. The smallest absolute Gasteiger partial charge is 0.194 e. The van der Waals surface area contributed by atoms with Crippen molar-refractivity contribution in [3.63, 3.8) is 0 Å². The number of fused-ring (bicyclic) bond motifs is 3. The van der Waals surface area contributed by atoms with Gasteiger partial charge in [0.2, 0.25) is 0 Å². The summed E-state index contributed by atoms with van der Waals surface area (Å²) in [4.78, 5) is 39.1. The van der Waals surface area contributed by atoms with Gasteiger partial charge in [-0.05, 0) is 59.2 Å². The highest BCUT2D eigenvalue weighted by molar-refractivity contribution is 6.31. The van der Waals surface area contributed by atoms with Gasteiger partial charge >= 0.3 is 0 Å². The molecule has 0 unspecified atom stereocenters. The summed E-state index contributed by atoms with van der Waals surface area (Å²) in [6, 6.07) is 7.49. The van der Waals surface area contributed by atoms with E-state index in [1.54, 1.807) is 13.8 Å². The highest BCUT2D eigenvalue weighted by atomic mass is 16.5. The first kappa shape index (κ1) is 25.0. The first-order chi connectivity index (χ1) is 16.9. The molecule has 3 N–H and O–H groups in total. The Balaban J connectivity index is 1.71. The zero-order chi connectivity index (χ0) is 26.5. The van der Waals surface area contributed by atoms with Gasteiger partial charge in [0.25, 0.3) is 0 Å². The maximum absolute atomic E-state index is 13.8. The summed E-state index contributed by atoms with van der Waals surface area (Å²) in [5, 5.41) is 24.5. The fourth-order valence-corrected chi connectivity index (χ4v) is 4.64. The zero-order valence-corrected chi connectivity index (χ0v) is 21.1. The van der Waals surface area contributed by atoms with Crippen molar-refractivity contribution in [2.75, 3.05) is 0 Å². The van der Waals surface area contributed by atoms with E-state index >= 15 is 0 Å². The lowest BCUT2D eigenvalue weighted by Crippen LogP contribution is -2.41. The van der Waals surface area contributed by atoms with Crippen LogP contribution in [0.2, 0.25) is 0 Å². The van der Waals surface area contributed by atoms with Gasteiger partial charge in [0, 0.05) is 23.9 Å². The zero-order valence-electron chi connectivity index (χ0n) is 21.1. The van der Waals surface area contributed by atoms with Crippen LogP contribution in [0, 0.1) is 6.92 Å². The Hall–Kier alpha value is -4.07. The number of phenolic OH excluding ortho intramolecular Hbond substituents is 2. The second kappa shape index (κ2) is 8.86. The van der Waals surface area contributed by atoms with Gasteiger partial charge in [0.1, 0.15) is 39.7 Å². The fourth-order valence-electron chi connectivity index (χ4n) is 4.64. The molecular formula is C28H29NO7. The minimum atomic E-state index is -1.54. The van der Waals surface area contributed by atoms with Gasteiger partial charge in [-0.1, -0.05) is 12.1 Å². The number of ether oxygens (including phenoxy) is 2. The topological polar surface area (TPSA) is 122 Å². The Morgan fingerprint density at radius 2 is 1.75 bits per heavy atom. The third kappa shape index (κ3) is 3.82. The molecular weight excluding hydrogens is 462 g/mol. The van der Waals surface area contributed by atoms with Gasteiger partial charge < -0.3 is 25.0 Å². The third-order valence-electron chi connectivity index (χ3n) is 6.61. The molecule has 36 heavy (non-hydrogen) atoms. The SMILES string of the molecule is CC(=O)c1c(O)c(C)c(O)c2c1OC1=CC(=O)/C(=C(/C)NCc3ccc(OC(C)C)cc3)C(=O)[C@@]12C. The summed E-state index contributed by atoms with van der Waals surface area (Å²) in [5.74, 6) is -1.72. The molecule has 2 aromatic carbocycles. The van der Waals surface area contributed by atoms with Crippen LogP contribution in [0.5, 0.6) is 23.0 Å². The van der Waals surface area contributed by atoms with Crippen LogP contribution in [-0.2, 0) is 21.5 Å². The van der Waals surface area contributed by atoms with Crippen LogP contribution >= 0.6 is 0 Å². The van der Waals surface area contributed by atoms with E-state index < -0.39 is 28.5 Å². The predicted octanol–water partition coefficient (Wildman–Crippen LogP) is 4.15. The van der Waals surface area contributed by atoms with E-state index in [4.69, 9.17) is 9.47 Å². The van der Waals surface area contributed by atoms with Crippen molar-refractivity contribution in [2.24, 2.45) is 0 Å². The molecule has 0 bridgehead atoms. The highest BCUT2D eigenvalue weighted by Gasteiger charge is 2.56. The second-order valence-corrected chi connectivity index (χ2v) is 9.55. The quantitative estimate of drug-likeness (QED) is 0.313. The van der Waals surface area contributed by atoms with Crippen molar-refractivity contribution in [1.82, 2.24) is 5.32 Å². The number of carbonyl (C=O) groups excluding carboxylic acids is 3. The molecule has 1 aliphatic carbocycles. The maximum atomic E-state index is 13.8. The molecule has 1 heterocycles. The second-order valence-electron chi connectivity index (χ2n) is 9.55. The average molecular weight is 492 g/mol. The number of nitrogens with one attached hydrogen (secondary N) is 1. The molecule has 4 rings (SSSR count). The number of allylic oxidation sites excluding steroid dienone is 4. The van der Waals surface area contributed by atoms with E-state index in [1.807, 2.05) is 38.1 Å². The van der Waals surface area contributed by atoms with Crippen molar-refractivity contribution in [1.29, 1.82) is 0 Å². The molecule has 1 atom stereocenters. The number of hydrogen-bond acceptors (Lipinski definition) is 8. The van der Waals surface area contributed by atoms with Gasteiger partial charge in [-0.25, -0.2) is 0 Å². The minimum Gasteiger partial charge on any atom is -0.507 e.